The molecule has 4 aliphatic rings. The molecular weight excluding hydrogens is 608 g/mol. The molecule has 12 heteroatoms. The predicted molar refractivity (Wildman–Crippen MR) is 183 cm³/mol. The molecule has 256 valence electrons. The summed E-state index contributed by atoms with van der Waals surface area (Å²) in [5.41, 5.74) is 4.84. The number of piperazine rings is 1. The average molecular weight is 657 g/mol. The third-order valence-corrected chi connectivity index (χ3v) is 10.8. The van der Waals surface area contributed by atoms with Gasteiger partial charge in [-0.2, -0.15) is 5.10 Å². The van der Waals surface area contributed by atoms with Crippen LogP contribution in [0.3, 0.4) is 0 Å². The maximum atomic E-state index is 14.1. The van der Waals surface area contributed by atoms with Crippen molar-refractivity contribution in [3.8, 4) is 0 Å². The van der Waals surface area contributed by atoms with Gasteiger partial charge in [-0.15, -0.1) is 0 Å². The lowest BCUT2D eigenvalue weighted by Gasteiger charge is -2.42. The molecule has 3 saturated heterocycles. The van der Waals surface area contributed by atoms with Gasteiger partial charge in [-0.3, -0.25) is 9.69 Å². The van der Waals surface area contributed by atoms with Gasteiger partial charge in [0.1, 0.15) is 0 Å². The molecule has 0 saturated carbocycles. The lowest BCUT2D eigenvalue weighted by Crippen LogP contribution is -2.54. The Morgan fingerprint density at radius 1 is 0.896 bits per heavy atom. The minimum Gasteiger partial charge on any atom is -0.436 e. The zero-order valence-corrected chi connectivity index (χ0v) is 28.2. The standard InChI is InChI=1S/C36H48N8O4/c1-26-23-27(24-31-7-13-37-44(26)31)25-33(34(45)41-14-9-29(10-15-41)40-21-19-39(2)20-22-40)48-36(47)42-16-11-30(12-17-42)43-18-8-28-5-3-4-6-32(28)38-35(43)46/h3-7,13,23-24,29-30,33H,8-12,14-22,25H2,1-2H3,(H,38,46)/t33-/m1/s1. The number of carbonyl (C=O) groups excluding carboxylic acids is 3. The Morgan fingerprint density at radius 2 is 1.60 bits per heavy atom. The van der Waals surface area contributed by atoms with Crippen molar-refractivity contribution in [2.75, 3.05) is 71.3 Å². The summed E-state index contributed by atoms with van der Waals surface area (Å²) in [6.07, 6.45) is 4.65. The molecule has 1 atom stereocenters. The molecule has 48 heavy (non-hydrogen) atoms. The maximum absolute atomic E-state index is 14.1. The Morgan fingerprint density at radius 3 is 2.38 bits per heavy atom. The second-order valence-corrected chi connectivity index (χ2v) is 13.9. The van der Waals surface area contributed by atoms with Gasteiger partial charge >= 0.3 is 12.1 Å². The SMILES string of the molecule is Cc1cc(C[C@@H](OC(=O)N2CCC(N3CCc4ccccc4NC3=O)CC2)C(=O)N2CCC(N3CCN(C)CC3)CC2)cc2ccnn12. The zero-order chi connectivity index (χ0) is 33.2. The molecule has 0 spiro atoms. The minimum atomic E-state index is -0.921. The summed E-state index contributed by atoms with van der Waals surface area (Å²) in [5, 5.41) is 7.44. The number of aryl methyl sites for hydroxylation is 1. The largest absolute Gasteiger partial charge is 0.436 e. The first kappa shape index (κ1) is 32.4. The molecule has 0 bridgehead atoms. The van der Waals surface area contributed by atoms with Crippen molar-refractivity contribution in [2.45, 2.75) is 63.6 Å². The molecule has 2 aromatic heterocycles. The average Bonchev–Trinajstić information content (AvgIpc) is 3.52. The highest BCUT2D eigenvalue weighted by molar-refractivity contribution is 5.91. The highest BCUT2D eigenvalue weighted by atomic mass is 16.6. The van der Waals surface area contributed by atoms with Gasteiger partial charge in [0, 0.05) is 95.0 Å². The van der Waals surface area contributed by atoms with Gasteiger partial charge in [0.25, 0.3) is 5.91 Å². The number of para-hydroxylation sites is 1. The summed E-state index contributed by atoms with van der Waals surface area (Å²) in [6, 6.07) is 14.3. The maximum Gasteiger partial charge on any atom is 0.410 e. The van der Waals surface area contributed by atoms with E-state index in [1.807, 2.05) is 57.6 Å². The lowest BCUT2D eigenvalue weighted by molar-refractivity contribution is -0.142. The first-order valence-electron chi connectivity index (χ1n) is 17.6. The van der Waals surface area contributed by atoms with E-state index in [1.54, 1.807) is 11.1 Å². The molecule has 7 rings (SSSR count). The number of amides is 4. The van der Waals surface area contributed by atoms with Crippen LogP contribution < -0.4 is 5.32 Å². The Balaban J connectivity index is 0.996. The van der Waals surface area contributed by atoms with Crippen LogP contribution in [0.4, 0.5) is 15.3 Å². The summed E-state index contributed by atoms with van der Waals surface area (Å²) >= 11 is 0. The van der Waals surface area contributed by atoms with Crippen molar-refractivity contribution in [3.05, 3.63) is 65.5 Å². The first-order chi connectivity index (χ1) is 23.3. The second kappa shape index (κ2) is 14.1. The molecular formula is C36H48N8O4. The number of pyridine rings is 1. The monoisotopic (exact) mass is 656 g/mol. The predicted octanol–water partition coefficient (Wildman–Crippen LogP) is 3.48. The fraction of sp³-hybridized carbons (Fsp3) is 0.556. The quantitative estimate of drug-likeness (QED) is 0.433. The van der Waals surface area contributed by atoms with Crippen molar-refractivity contribution in [1.82, 2.24) is 34.1 Å². The van der Waals surface area contributed by atoms with E-state index in [9.17, 15) is 14.4 Å². The Kier molecular flexibility index (Phi) is 9.54. The Bertz CT molecular complexity index is 1620. The number of likely N-dealkylation sites (N-methyl/N-ethyl adjacent to an activating group) is 1. The molecule has 4 amide bonds. The Hall–Kier alpha value is -4.16. The van der Waals surface area contributed by atoms with Gasteiger partial charge in [0.05, 0.1) is 5.52 Å². The van der Waals surface area contributed by atoms with E-state index in [4.69, 9.17) is 4.74 Å². The van der Waals surface area contributed by atoms with Crippen LogP contribution in [0.2, 0.25) is 0 Å². The van der Waals surface area contributed by atoms with Crippen LogP contribution in [0.15, 0.2) is 48.7 Å². The highest BCUT2D eigenvalue weighted by Crippen LogP contribution is 2.26. The number of ether oxygens (including phenoxy) is 1. The van der Waals surface area contributed by atoms with Gasteiger partial charge in [-0.25, -0.2) is 14.1 Å². The molecule has 4 aliphatic heterocycles. The molecule has 12 nitrogen and oxygen atoms in total. The number of nitrogens with zero attached hydrogens (tertiary/aromatic N) is 7. The number of aromatic nitrogens is 2. The second-order valence-electron chi connectivity index (χ2n) is 13.9. The number of hydrogen-bond donors (Lipinski definition) is 1. The number of anilines is 1. The number of urea groups is 1. The van der Waals surface area contributed by atoms with Gasteiger partial charge in [-0.1, -0.05) is 18.2 Å². The van der Waals surface area contributed by atoms with E-state index in [0.29, 0.717) is 58.0 Å². The summed E-state index contributed by atoms with van der Waals surface area (Å²) < 4.78 is 7.99. The van der Waals surface area contributed by atoms with Crippen molar-refractivity contribution >= 4 is 29.2 Å². The number of carbonyl (C=O) groups is 3. The van der Waals surface area contributed by atoms with Crippen molar-refractivity contribution in [3.63, 3.8) is 0 Å². The molecule has 3 fully saturated rings. The summed E-state index contributed by atoms with van der Waals surface area (Å²) in [5.74, 6) is -0.123. The van der Waals surface area contributed by atoms with Crippen LogP contribution in [0, 0.1) is 6.92 Å². The van der Waals surface area contributed by atoms with Crippen LogP contribution in [0.25, 0.3) is 5.52 Å². The normalized spacial score (nSPS) is 21.1. The number of benzene rings is 1. The third-order valence-electron chi connectivity index (χ3n) is 10.8. The molecule has 1 N–H and O–H groups in total. The minimum absolute atomic E-state index is 0.0350. The molecule has 1 aromatic carbocycles. The molecule has 3 aromatic rings. The van der Waals surface area contributed by atoms with Crippen molar-refractivity contribution in [2.24, 2.45) is 0 Å². The number of likely N-dealkylation sites (tertiary alicyclic amines) is 2. The highest BCUT2D eigenvalue weighted by Gasteiger charge is 2.36. The van der Waals surface area contributed by atoms with E-state index in [2.05, 4.69) is 33.3 Å². The van der Waals surface area contributed by atoms with E-state index in [0.717, 1.165) is 73.5 Å². The van der Waals surface area contributed by atoms with Crippen LogP contribution >= 0.6 is 0 Å². The smallest absolute Gasteiger partial charge is 0.410 e. The molecule has 0 unspecified atom stereocenters. The van der Waals surface area contributed by atoms with E-state index < -0.39 is 12.2 Å². The van der Waals surface area contributed by atoms with Crippen molar-refractivity contribution in [1.29, 1.82) is 0 Å². The lowest BCUT2D eigenvalue weighted by atomic mass is 10.0. The summed E-state index contributed by atoms with van der Waals surface area (Å²) in [4.78, 5) is 51.3. The van der Waals surface area contributed by atoms with E-state index in [-0.39, 0.29) is 18.0 Å². The molecule has 6 heterocycles. The van der Waals surface area contributed by atoms with Crippen LogP contribution in [-0.2, 0) is 22.4 Å². The van der Waals surface area contributed by atoms with Crippen LogP contribution in [0.5, 0.6) is 0 Å². The summed E-state index contributed by atoms with van der Waals surface area (Å²) in [7, 11) is 2.17. The fourth-order valence-corrected chi connectivity index (χ4v) is 7.93. The first-order valence-corrected chi connectivity index (χ1v) is 17.6. The molecule has 0 aliphatic carbocycles. The van der Waals surface area contributed by atoms with Crippen LogP contribution in [-0.4, -0.2) is 136 Å². The van der Waals surface area contributed by atoms with E-state index >= 15 is 0 Å². The van der Waals surface area contributed by atoms with Crippen molar-refractivity contribution < 1.29 is 19.1 Å². The fourth-order valence-electron chi connectivity index (χ4n) is 7.93. The number of fused-ring (bicyclic) bond motifs is 2. The number of rotatable bonds is 6. The Labute approximate surface area is 282 Å². The third kappa shape index (κ3) is 7.00. The van der Waals surface area contributed by atoms with Gasteiger partial charge in [0.2, 0.25) is 0 Å². The van der Waals surface area contributed by atoms with Gasteiger partial charge in [-0.05, 0) is 81.5 Å². The van der Waals surface area contributed by atoms with E-state index in [1.165, 1.54) is 0 Å². The number of hydrogen-bond acceptors (Lipinski definition) is 7. The van der Waals surface area contributed by atoms with Crippen LogP contribution in [0.1, 0.15) is 42.5 Å². The van der Waals surface area contributed by atoms with Gasteiger partial charge < -0.3 is 29.7 Å². The topological polar surface area (TPSA) is 106 Å². The number of piperidine rings is 2. The molecule has 0 radical (unpaired) electrons. The summed E-state index contributed by atoms with van der Waals surface area (Å²) in [6.45, 7) is 9.19. The zero-order valence-electron chi connectivity index (χ0n) is 28.2. The number of nitrogens with one attached hydrogen (secondary N) is 1. The van der Waals surface area contributed by atoms with Gasteiger partial charge in [0.15, 0.2) is 6.10 Å².